The van der Waals surface area contributed by atoms with Gasteiger partial charge in [0.15, 0.2) is 16.6 Å². The zero-order chi connectivity index (χ0) is 14.8. The van der Waals surface area contributed by atoms with Gasteiger partial charge in [-0.15, -0.1) is 11.3 Å². The molecule has 1 amide bonds. The summed E-state index contributed by atoms with van der Waals surface area (Å²) in [7, 11) is 0. The summed E-state index contributed by atoms with van der Waals surface area (Å²) in [6.45, 7) is 0. The minimum Gasteiger partial charge on any atom is -0.477 e. The van der Waals surface area contributed by atoms with Crippen molar-refractivity contribution in [1.82, 2.24) is 15.2 Å². The van der Waals surface area contributed by atoms with Gasteiger partial charge in [0.25, 0.3) is 5.91 Å². The maximum atomic E-state index is 12.0. The number of thiazole rings is 1. The Kier molecular flexibility index (Phi) is 3.24. The third-order valence-electron chi connectivity index (χ3n) is 2.52. The molecule has 0 aromatic carbocycles. The number of aromatic carboxylic acids is 1. The van der Waals surface area contributed by atoms with Gasteiger partial charge in [-0.05, 0) is 12.1 Å². The molecule has 0 aliphatic carbocycles. The lowest BCUT2D eigenvalue weighted by molar-refractivity contribution is 0.0690. The summed E-state index contributed by atoms with van der Waals surface area (Å²) in [6.07, 6.45) is 1.52. The molecule has 0 aliphatic rings. The van der Waals surface area contributed by atoms with Gasteiger partial charge in [-0.1, -0.05) is 0 Å². The number of carboxylic acid groups (broad SMARTS) is 1. The number of carbonyl (C=O) groups is 2. The van der Waals surface area contributed by atoms with Crippen molar-refractivity contribution in [1.29, 1.82) is 0 Å². The number of nitrogens with zero attached hydrogens (tertiary/aromatic N) is 2. The zero-order valence-corrected chi connectivity index (χ0v) is 11.2. The first-order valence-corrected chi connectivity index (χ1v) is 6.61. The van der Waals surface area contributed by atoms with Crippen LogP contribution in [-0.4, -0.2) is 32.2 Å². The van der Waals surface area contributed by atoms with Crippen LogP contribution in [0.1, 0.15) is 21.0 Å². The first kappa shape index (κ1) is 13.1. The van der Waals surface area contributed by atoms with E-state index in [-0.39, 0.29) is 17.2 Å². The van der Waals surface area contributed by atoms with Gasteiger partial charge in [0.1, 0.15) is 11.4 Å². The third kappa shape index (κ3) is 2.67. The van der Waals surface area contributed by atoms with Crippen LogP contribution in [0.2, 0.25) is 0 Å². The minimum absolute atomic E-state index is 0.111. The number of carbonyl (C=O) groups excluding carboxylic acids is 1. The quantitative estimate of drug-likeness (QED) is 0.678. The number of H-pyrrole nitrogens is 1. The molecule has 106 valence electrons. The van der Waals surface area contributed by atoms with Crippen LogP contribution >= 0.6 is 11.3 Å². The molecular formula is C12H8N4O4S. The summed E-state index contributed by atoms with van der Waals surface area (Å²) in [5.74, 6) is -0.943. The molecule has 0 saturated carbocycles. The maximum absolute atomic E-state index is 12.0. The van der Waals surface area contributed by atoms with Crippen LogP contribution in [-0.2, 0) is 0 Å². The summed E-state index contributed by atoms with van der Waals surface area (Å²) in [6, 6.07) is 4.70. The Morgan fingerprint density at radius 2 is 2.29 bits per heavy atom. The number of rotatable bonds is 4. The topological polar surface area (TPSA) is 121 Å². The molecule has 0 spiro atoms. The third-order valence-corrected chi connectivity index (χ3v) is 3.38. The van der Waals surface area contributed by atoms with Gasteiger partial charge in [0, 0.05) is 11.4 Å². The Morgan fingerprint density at radius 1 is 1.43 bits per heavy atom. The van der Waals surface area contributed by atoms with Crippen LogP contribution in [0.5, 0.6) is 0 Å². The normalized spacial score (nSPS) is 10.5. The van der Waals surface area contributed by atoms with Crippen LogP contribution in [0.15, 0.2) is 34.3 Å². The SMILES string of the molecule is O=C(Nc1cc(C(=O)O)[nH]n1)c1csc(-c2ccco2)n1. The fourth-order valence-electron chi connectivity index (χ4n) is 1.57. The predicted octanol–water partition coefficient (Wildman–Crippen LogP) is 2.08. The van der Waals surface area contributed by atoms with E-state index in [0.29, 0.717) is 10.8 Å². The lowest BCUT2D eigenvalue weighted by Crippen LogP contribution is -2.12. The zero-order valence-electron chi connectivity index (χ0n) is 10.4. The van der Waals surface area contributed by atoms with Crippen molar-refractivity contribution >= 4 is 29.0 Å². The van der Waals surface area contributed by atoms with Crippen LogP contribution in [0, 0.1) is 0 Å². The molecule has 0 fully saturated rings. The lowest BCUT2D eigenvalue weighted by atomic mass is 10.4. The number of hydrogen-bond acceptors (Lipinski definition) is 6. The van der Waals surface area contributed by atoms with Gasteiger partial charge in [-0.3, -0.25) is 9.89 Å². The number of aromatic nitrogens is 3. The number of hydrogen-bond donors (Lipinski definition) is 3. The van der Waals surface area contributed by atoms with E-state index < -0.39 is 11.9 Å². The summed E-state index contributed by atoms with van der Waals surface area (Å²) in [5.41, 5.74) is 0.0890. The van der Waals surface area contributed by atoms with E-state index in [1.54, 1.807) is 17.5 Å². The lowest BCUT2D eigenvalue weighted by Gasteiger charge is -1.96. The Hall–Kier alpha value is -2.94. The molecule has 0 saturated heterocycles. The smallest absolute Gasteiger partial charge is 0.353 e. The van der Waals surface area contributed by atoms with Gasteiger partial charge in [0.05, 0.1) is 6.26 Å². The molecule has 3 heterocycles. The van der Waals surface area contributed by atoms with E-state index in [2.05, 4.69) is 20.5 Å². The number of furan rings is 1. The highest BCUT2D eigenvalue weighted by Crippen LogP contribution is 2.24. The van der Waals surface area contributed by atoms with Crippen molar-refractivity contribution in [3.63, 3.8) is 0 Å². The van der Waals surface area contributed by atoms with Gasteiger partial charge in [-0.2, -0.15) is 5.10 Å². The number of amides is 1. The fraction of sp³-hybridized carbons (Fsp3) is 0. The van der Waals surface area contributed by atoms with Crippen LogP contribution in [0.4, 0.5) is 5.82 Å². The average molecular weight is 304 g/mol. The fourth-order valence-corrected chi connectivity index (χ4v) is 2.33. The van der Waals surface area contributed by atoms with Crippen molar-refractivity contribution in [2.45, 2.75) is 0 Å². The van der Waals surface area contributed by atoms with Crippen LogP contribution in [0.25, 0.3) is 10.8 Å². The highest BCUT2D eigenvalue weighted by molar-refractivity contribution is 7.13. The minimum atomic E-state index is -1.16. The summed E-state index contributed by atoms with van der Waals surface area (Å²) < 4.78 is 5.19. The van der Waals surface area contributed by atoms with Gasteiger partial charge in [0.2, 0.25) is 0 Å². The molecule has 3 N–H and O–H groups in total. The second kappa shape index (κ2) is 5.21. The molecule has 21 heavy (non-hydrogen) atoms. The molecule has 0 bridgehead atoms. The molecule has 3 aromatic rings. The Bertz CT molecular complexity index is 790. The number of carboxylic acids is 1. The number of nitrogens with one attached hydrogen (secondary N) is 2. The number of aromatic amines is 1. The van der Waals surface area contributed by atoms with Gasteiger partial charge in [-0.25, -0.2) is 9.78 Å². The Labute approximate surface area is 121 Å². The van der Waals surface area contributed by atoms with Crippen molar-refractivity contribution in [3.8, 4) is 10.8 Å². The molecule has 0 radical (unpaired) electrons. The Balaban J connectivity index is 1.74. The summed E-state index contributed by atoms with van der Waals surface area (Å²) in [5, 5.41) is 19.3. The van der Waals surface area contributed by atoms with Gasteiger partial charge >= 0.3 is 5.97 Å². The molecule has 0 aliphatic heterocycles. The molecular weight excluding hydrogens is 296 g/mol. The molecule has 3 rings (SSSR count). The Morgan fingerprint density at radius 3 is 2.95 bits per heavy atom. The molecule has 8 nitrogen and oxygen atoms in total. The second-order valence-corrected chi connectivity index (χ2v) is 4.80. The first-order valence-electron chi connectivity index (χ1n) is 5.73. The van der Waals surface area contributed by atoms with Crippen molar-refractivity contribution in [2.75, 3.05) is 5.32 Å². The highest BCUT2D eigenvalue weighted by Gasteiger charge is 2.15. The van der Waals surface area contributed by atoms with Crippen LogP contribution in [0.3, 0.4) is 0 Å². The molecule has 0 unspecified atom stereocenters. The van der Waals surface area contributed by atoms with E-state index in [9.17, 15) is 9.59 Å². The molecule has 0 atom stereocenters. The summed E-state index contributed by atoms with van der Waals surface area (Å²) in [4.78, 5) is 26.8. The first-order chi connectivity index (χ1) is 10.1. The largest absolute Gasteiger partial charge is 0.477 e. The van der Waals surface area contributed by atoms with E-state index >= 15 is 0 Å². The van der Waals surface area contributed by atoms with Crippen molar-refractivity contribution < 1.29 is 19.1 Å². The second-order valence-electron chi connectivity index (χ2n) is 3.94. The van der Waals surface area contributed by atoms with Crippen molar-refractivity contribution in [2.24, 2.45) is 0 Å². The van der Waals surface area contributed by atoms with Crippen molar-refractivity contribution in [3.05, 3.63) is 41.2 Å². The van der Waals surface area contributed by atoms with E-state index in [4.69, 9.17) is 9.52 Å². The van der Waals surface area contributed by atoms with E-state index in [0.717, 1.165) is 0 Å². The van der Waals surface area contributed by atoms with E-state index in [1.165, 1.54) is 23.7 Å². The summed E-state index contributed by atoms with van der Waals surface area (Å²) >= 11 is 1.27. The van der Waals surface area contributed by atoms with Crippen LogP contribution < -0.4 is 5.32 Å². The standard InChI is InChI=1S/C12H8N4O4S/c17-10(14-9-4-6(12(18)19)15-16-9)7-5-21-11(13-7)8-2-1-3-20-8/h1-5H,(H,18,19)(H2,14,15,16,17). The highest BCUT2D eigenvalue weighted by atomic mass is 32.1. The molecule has 9 heteroatoms. The number of anilines is 1. The van der Waals surface area contributed by atoms with E-state index in [1.807, 2.05) is 0 Å². The molecule has 3 aromatic heterocycles. The van der Waals surface area contributed by atoms with Gasteiger partial charge < -0.3 is 14.8 Å². The monoisotopic (exact) mass is 304 g/mol. The predicted molar refractivity (Wildman–Crippen MR) is 73.3 cm³/mol. The average Bonchev–Trinajstić information content (AvgIpc) is 3.19. The maximum Gasteiger partial charge on any atom is 0.353 e.